The largest absolute Gasteiger partial charge is 0.372 e. The van der Waals surface area contributed by atoms with E-state index in [9.17, 15) is 13.2 Å². The van der Waals surface area contributed by atoms with Crippen LogP contribution in [0.4, 0.5) is 5.69 Å². The number of anilines is 1. The molecule has 144 valence electrons. The van der Waals surface area contributed by atoms with Crippen molar-refractivity contribution in [1.82, 2.24) is 4.90 Å². The Bertz CT molecular complexity index is 905. The molecule has 1 saturated heterocycles. The van der Waals surface area contributed by atoms with Gasteiger partial charge in [-0.05, 0) is 38.1 Å². The van der Waals surface area contributed by atoms with Crippen molar-refractivity contribution in [2.75, 3.05) is 24.4 Å². The SMILES string of the molecule is CC1CN(C(=O)c2ccccc2S(=O)(=O)N(C)c2ccccc2)CC(C)O1. The Labute approximate surface area is 160 Å². The Kier molecular flexibility index (Phi) is 5.53. The third-order valence-corrected chi connectivity index (χ3v) is 6.43. The maximum Gasteiger partial charge on any atom is 0.264 e. The lowest BCUT2D eigenvalue weighted by Crippen LogP contribution is -2.48. The Hall–Kier alpha value is -2.38. The smallest absolute Gasteiger partial charge is 0.264 e. The molecule has 1 fully saturated rings. The molecule has 0 aliphatic carbocycles. The zero-order valence-electron chi connectivity index (χ0n) is 15.7. The average Bonchev–Trinajstić information content (AvgIpc) is 2.66. The van der Waals surface area contributed by atoms with Crippen molar-refractivity contribution in [2.24, 2.45) is 0 Å². The topological polar surface area (TPSA) is 66.9 Å². The Morgan fingerprint density at radius 2 is 1.56 bits per heavy atom. The van der Waals surface area contributed by atoms with E-state index in [1.54, 1.807) is 47.4 Å². The number of para-hydroxylation sites is 1. The summed E-state index contributed by atoms with van der Waals surface area (Å²) in [5.74, 6) is -0.294. The summed E-state index contributed by atoms with van der Waals surface area (Å²) in [6.07, 6.45) is -0.179. The maximum absolute atomic E-state index is 13.2. The van der Waals surface area contributed by atoms with Crippen LogP contribution >= 0.6 is 0 Å². The molecule has 0 radical (unpaired) electrons. The highest BCUT2D eigenvalue weighted by Crippen LogP contribution is 2.26. The maximum atomic E-state index is 13.2. The first-order valence-electron chi connectivity index (χ1n) is 8.88. The van der Waals surface area contributed by atoms with Crippen LogP contribution < -0.4 is 4.31 Å². The molecule has 0 aromatic heterocycles. The van der Waals surface area contributed by atoms with E-state index in [4.69, 9.17) is 4.74 Å². The van der Waals surface area contributed by atoms with Gasteiger partial charge in [0.1, 0.15) is 4.90 Å². The fourth-order valence-corrected chi connectivity index (χ4v) is 4.68. The summed E-state index contributed by atoms with van der Waals surface area (Å²) >= 11 is 0. The molecule has 2 atom stereocenters. The molecule has 1 amide bonds. The van der Waals surface area contributed by atoms with E-state index in [2.05, 4.69) is 0 Å². The number of morpholine rings is 1. The third-order valence-electron chi connectivity index (χ3n) is 4.58. The quantitative estimate of drug-likeness (QED) is 0.808. The van der Waals surface area contributed by atoms with Gasteiger partial charge < -0.3 is 9.64 Å². The highest BCUT2D eigenvalue weighted by molar-refractivity contribution is 7.92. The molecule has 0 spiro atoms. The van der Waals surface area contributed by atoms with Crippen molar-refractivity contribution >= 4 is 21.6 Å². The van der Waals surface area contributed by atoms with E-state index < -0.39 is 10.0 Å². The van der Waals surface area contributed by atoms with Gasteiger partial charge in [0.05, 0.1) is 23.5 Å². The molecule has 2 aromatic rings. The molecule has 1 heterocycles. The van der Waals surface area contributed by atoms with Crippen molar-refractivity contribution in [3.63, 3.8) is 0 Å². The van der Waals surface area contributed by atoms with Crippen LogP contribution in [-0.2, 0) is 14.8 Å². The number of hydrogen-bond acceptors (Lipinski definition) is 4. The number of carbonyl (C=O) groups excluding carboxylic acids is 1. The molecule has 0 saturated carbocycles. The first-order chi connectivity index (χ1) is 12.8. The average molecular weight is 388 g/mol. The molecule has 1 aliphatic rings. The summed E-state index contributed by atoms with van der Waals surface area (Å²) in [7, 11) is -2.39. The second-order valence-corrected chi connectivity index (χ2v) is 8.71. The molecular formula is C20H24N2O4S. The van der Waals surface area contributed by atoms with Gasteiger partial charge in [-0.2, -0.15) is 0 Å². The van der Waals surface area contributed by atoms with Crippen LogP contribution in [0.15, 0.2) is 59.5 Å². The van der Waals surface area contributed by atoms with E-state index in [1.165, 1.54) is 17.4 Å². The van der Waals surface area contributed by atoms with Gasteiger partial charge in [0.2, 0.25) is 0 Å². The van der Waals surface area contributed by atoms with Gasteiger partial charge in [0.25, 0.3) is 15.9 Å². The van der Waals surface area contributed by atoms with Crippen molar-refractivity contribution < 1.29 is 17.9 Å². The van der Waals surface area contributed by atoms with Gasteiger partial charge >= 0.3 is 0 Å². The minimum absolute atomic E-state index is 0.00755. The normalized spacial score (nSPS) is 20.3. The van der Waals surface area contributed by atoms with Gasteiger partial charge in [-0.15, -0.1) is 0 Å². The second kappa shape index (κ2) is 7.70. The van der Waals surface area contributed by atoms with Gasteiger partial charge in [-0.3, -0.25) is 9.10 Å². The summed E-state index contributed by atoms with van der Waals surface area (Å²) in [5.41, 5.74) is 0.718. The molecule has 7 heteroatoms. The van der Waals surface area contributed by atoms with Crippen molar-refractivity contribution in [3.05, 3.63) is 60.2 Å². The third kappa shape index (κ3) is 3.99. The van der Waals surface area contributed by atoms with E-state index in [0.717, 1.165) is 0 Å². The summed E-state index contributed by atoms with van der Waals surface area (Å²) in [5, 5.41) is 0. The van der Waals surface area contributed by atoms with E-state index >= 15 is 0 Å². The Morgan fingerprint density at radius 3 is 2.19 bits per heavy atom. The molecule has 0 bridgehead atoms. The fourth-order valence-electron chi connectivity index (χ4n) is 3.31. The van der Waals surface area contributed by atoms with Crippen LogP contribution in [0.2, 0.25) is 0 Å². The first-order valence-corrected chi connectivity index (χ1v) is 10.3. The minimum Gasteiger partial charge on any atom is -0.372 e. The first kappa shape index (κ1) is 19.4. The van der Waals surface area contributed by atoms with Crippen molar-refractivity contribution in [1.29, 1.82) is 0 Å². The molecule has 3 rings (SSSR count). The molecule has 0 N–H and O–H groups in total. The van der Waals surface area contributed by atoms with Crippen LogP contribution in [0.3, 0.4) is 0 Å². The lowest BCUT2D eigenvalue weighted by atomic mass is 10.1. The highest BCUT2D eigenvalue weighted by atomic mass is 32.2. The van der Waals surface area contributed by atoms with Gasteiger partial charge in [-0.25, -0.2) is 8.42 Å². The van der Waals surface area contributed by atoms with E-state index in [0.29, 0.717) is 18.8 Å². The number of rotatable bonds is 4. The summed E-state index contributed by atoms with van der Waals surface area (Å²) in [6, 6.07) is 15.2. The summed E-state index contributed by atoms with van der Waals surface area (Å²) in [6.45, 7) is 4.68. The summed E-state index contributed by atoms with van der Waals surface area (Å²) < 4.78 is 33.3. The standard InChI is InChI=1S/C20H24N2O4S/c1-15-13-22(14-16(2)26-15)20(23)18-11-7-8-12-19(18)27(24,25)21(3)17-9-5-4-6-10-17/h4-12,15-16H,13-14H2,1-3H3. The van der Waals surface area contributed by atoms with Crippen LogP contribution in [-0.4, -0.2) is 51.6 Å². The van der Waals surface area contributed by atoms with Crippen LogP contribution in [0, 0.1) is 0 Å². The van der Waals surface area contributed by atoms with Crippen molar-refractivity contribution in [3.8, 4) is 0 Å². The predicted molar refractivity (Wildman–Crippen MR) is 104 cm³/mol. The minimum atomic E-state index is -3.88. The number of amides is 1. The molecular weight excluding hydrogens is 364 g/mol. The Morgan fingerprint density at radius 1 is 1.00 bits per heavy atom. The van der Waals surface area contributed by atoms with E-state index in [-0.39, 0.29) is 28.6 Å². The lowest BCUT2D eigenvalue weighted by Gasteiger charge is -2.35. The molecule has 27 heavy (non-hydrogen) atoms. The van der Waals surface area contributed by atoms with E-state index in [1.807, 2.05) is 19.9 Å². The molecule has 2 aromatic carbocycles. The predicted octanol–water partition coefficient (Wildman–Crippen LogP) is 2.76. The number of carbonyl (C=O) groups is 1. The number of nitrogens with zero attached hydrogens (tertiary/aromatic N) is 2. The fraction of sp³-hybridized carbons (Fsp3) is 0.350. The van der Waals surface area contributed by atoms with Gasteiger partial charge in [-0.1, -0.05) is 30.3 Å². The van der Waals surface area contributed by atoms with Gasteiger partial charge in [0, 0.05) is 20.1 Å². The van der Waals surface area contributed by atoms with Gasteiger partial charge in [0.15, 0.2) is 0 Å². The highest BCUT2D eigenvalue weighted by Gasteiger charge is 2.31. The summed E-state index contributed by atoms with van der Waals surface area (Å²) in [4.78, 5) is 14.8. The molecule has 6 nitrogen and oxygen atoms in total. The number of hydrogen-bond donors (Lipinski definition) is 0. The molecule has 1 aliphatic heterocycles. The van der Waals surface area contributed by atoms with Crippen molar-refractivity contribution in [2.45, 2.75) is 31.0 Å². The lowest BCUT2D eigenvalue weighted by molar-refractivity contribution is -0.0586. The Balaban J connectivity index is 1.97. The number of sulfonamides is 1. The zero-order chi connectivity index (χ0) is 19.6. The molecule has 2 unspecified atom stereocenters. The van der Waals surface area contributed by atoms with Crippen LogP contribution in [0.25, 0.3) is 0 Å². The second-order valence-electron chi connectivity index (χ2n) is 6.77. The van der Waals surface area contributed by atoms with Crippen LogP contribution in [0.5, 0.6) is 0 Å². The van der Waals surface area contributed by atoms with Crippen LogP contribution in [0.1, 0.15) is 24.2 Å². The zero-order valence-corrected chi connectivity index (χ0v) is 16.5. The number of benzene rings is 2. The number of ether oxygens (including phenoxy) is 1. The monoisotopic (exact) mass is 388 g/mol.